The van der Waals surface area contributed by atoms with Gasteiger partial charge in [0.1, 0.15) is 6.04 Å². The van der Waals surface area contributed by atoms with Gasteiger partial charge in [-0.1, -0.05) is 20.8 Å². The zero-order valence-corrected chi connectivity index (χ0v) is 8.96. The molecule has 0 fully saturated rings. The Balaban J connectivity index is 4.31. The monoisotopic (exact) mass is 203 g/mol. The molecule has 0 bridgehead atoms. The van der Waals surface area contributed by atoms with Crippen molar-refractivity contribution in [2.24, 2.45) is 5.41 Å². The first kappa shape index (κ1) is 12.7. The van der Waals surface area contributed by atoms with E-state index in [-0.39, 0.29) is 5.41 Å². The number of ether oxygens (including phenoxy) is 1. The molecular weight excluding hydrogens is 186 g/mol. The summed E-state index contributed by atoms with van der Waals surface area (Å²) in [6.45, 7) is 5.71. The predicted molar refractivity (Wildman–Crippen MR) is 51.0 cm³/mol. The molecule has 0 saturated heterocycles. The highest BCUT2D eigenvalue weighted by atomic mass is 16.5. The molecule has 1 atom stereocenters. The number of carbonyl (C=O) groups is 2. The van der Waals surface area contributed by atoms with Crippen LogP contribution in [0.3, 0.4) is 0 Å². The standard InChI is InChI=1S/C9H17NO4/c1-9(2,3)5-6(7(11)12)10-8(13)14-4/h6H,5H2,1-4H3,(H,10,13)(H,11,12). The van der Waals surface area contributed by atoms with E-state index in [9.17, 15) is 9.59 Å². The second-order valence-corrected chi connectivity index (χ2v) is 4.29. The van der Waals surface area contributed by atoms with Crippen LogP contribution in [0.4, 0.5) is 4.79 Å². The van der Waals surface area contributed by atoms with Crippen LogP contribution in [-0.4, -0.2) is 30.3 Å². The lowest BCUT2D eigenvalue weighted by Crippen LogP contribution is -2.42. The van der Waals surface area contributed by atoms with Crippen LogP contribution in [0.1, 0.15) is 27.2 Å². The summed E-state index contributed by atoms with van der Waals surface area (Å²) in [6.07, 6.45) is -0.362. The summed E-state index contributed by atoms with van der Waals surface area (Å²) >= 11 is 0. The lowest BCUT2D eigenvalue weighted by atomic mass is 9.88. The Morgan fingerprint density at radius 1 is 1.43 bits per heavy atom. The molecule has 0 aliphatic heterocycles. The highest BCUT2D eigenvalue weighted by molar-refractivity contribution is 5.79. The molecule has 1 amide bonds. The van der Waals surface area contributed by atoms with E-state index in [1.807, 2.05) is 20.8 Å². The van der Waals surface area contributed by atoms with Gasteiger partial charge >= 0.3 is 12.1 Å². The number of amides is 1. The Morgan fingerprint density at radius 3 is 2.21 bits per heavy atom. The lowest BCUT2D eigenvalue weighted by molar-refractivity contribution is -0.140. The Labute approximate surface area is 83.4 Å². The predicted octanol–water partition coefficient (Wildman–Crippen LogP) is 1.23. The van der Waals surface area contributed by atoms with Crippen LogP contribution >= 0.6 is 0 Å². The highest BCUT2D eigenvalue weighted by Crippen LogP contribution is 2.20. The summed E-state index contributed by atoms with van der Waals surface area (Å²) in [5.74, 6) is -1.05. The van der Waals surface area contributed by atoms with Crippen LogP contribution in [0.5, 0.6) is 0 Å². The quantitative estimate of drug-likeness (QED) is 0.723. The van der Waals surface area contributed by atoms with Gasteiger partial charge in [0.25, 0.3) is 0 Å². The van der Waals surface area contributed by atoms with Crippen molar-refractivity contribution in [1.29, 1.82) is 0 Å². The van der Waals surface area contributed by atoms with Crippen LogP contribution < -0.4 is 5.32 Å². The largest absolute Gasteiger partial charge is 0.480 e. The van der Waals surface area contributed by atoms with E-state index in [1.165, 1.54) is 7.11 Å². The fourth-order valence-corrected chi connectivity index (χ4v) is 1.01. The molecular formula is C9H17NO4. The van der Waals surface area contributed by atoms with Crippen molar-refractivity contribution in [3.05, 3.63) is 0 Å². The smallest absolute Gasteiger partial charge is 0.407 e. The van der Waals surface area contributed by atoms with Gasteiger partial charge in [-0.25, -0.2) is 9.59 Å². The average molecular weight is 203 g/mol. The molecule has 0 aromatic carbocycles. The van der Waals surface area contributed by atoms with Gasteiger partial charge in [-0.3, -0.25) is 0 Å². The number of alkyl carbamates (subject to hydrolysis) is 1. The van der Waals surface area contributed by atoms with E-state index in [0.717, 1.165) is 0 Å². The Kier molecular flexibility index (Phi) is 4.40. The first-order valence-corrected chi connectivity index (χ1v) is 4.33. The van der Waals surface area contributed by atoms with Crippen LogP contribution in [0.25, 0.3) is 0 Å². The number of nitrogens with one attached hydrogen (secondary N) is 1. The van der Waals surface area contributed by atoms with Gasteiger partial charge in [0.05, 0.1) is 7.11 Å². The van der Waals surface area contributed by atoms with Crippen LogP contribution in [0, 0.1) is 5.41 Å². The molecule has 0 saturated carbocycles. The first-order valence-electron chi connectivity index (χ1n) is 4.33. The molecule has 0 aromatic rings. The van der Waals surface area contributed by atoms with Gasteiger partial charge in [0, 0.05) is 0 Å². The summed E-state index contributed by atoms with van der Waals surface area (Å²) in [5, 5.41) is 11.1. The maximum Gasteiger partial charge on any atom is 0.407 e. The van der Waals surface area contributed by atoms with Gasteiger partial charge < -0.3 is 15.2 Å². The maximum absolute atomic E-state index is 10.8. The van der Waals surface area contributed by atoms with E-state index in [0.29, 0.717) is 6.42 Å². The SMILES string of the molecule is COC(=O)NC(CC(C)(C)C)C(=O)O. The molecule has 0 aromatic heterocycles. The zero-order valence-electron chi connectivity index (χ0n) is 8.96. The molecule has 0 aliphatic carbocycles. The van der Waals surface area contributed by atoms with E-state index in [1.54, 1.807) is 0 Å². The number of methoxy groups -OCH3 is 1. The number of aliphatic carboxylic acids is 1. The molecule has 82 valence electrons. The number of carboxylic acids is 1. The maximum atomic E-state index is 10.8. The summed E-state index contributed by atoms with van der Waals surface area (Å²) < 4.78 is 4.33. The summed E-state index contributed by atoms with van der Waals surface area (Å²) in [5.41, 5.74) is -0.163. The molecule has 5 nitrogen and oxygen atoms in total. The van der Waals surface area contributed by atoms with Crippen molar-refractivity contribution in [3.8, 4) is 0 Å². The van der Waals surface area contributed by atoms with Gasteiger partial charge in [-0.05, 0) is 11.8 Å². The van der Waals surface area contributed by atoms with E-state index < -0.39 is 18.1 Å². The van der Waals surface area contributed by atoms with Crippen LogP contribution in [0.15, 0.2) is 0 Å². The van der Waals surface area contributed by atoms with Gasteiger partial charge in [-0.2, -0.15) is 0 Å². The fourth-order valence-electron chi connectivity index (χ4n) is 1.01. The molecule has 0 rings (SSSR count). The average Bonchev–Trinajstić information content (AvgIpc) is 2.00. The van der Waals surface area contributed by atoms with Crippen molar-refractivity contribution >= 4 is 12.1 Å². The molecule has 5 heteroatoms. The normalized spacial score (nSPS) is 13.1. The minimum Gasteiger partial charge on any atom is -0.480 e. The third kappa shape index (κ3) is 5.40. The fraction of sp³-hybridized carbons (Fsp3) is 0.778. The Hall–Kier alpha value is -1.26. The topological polar surface area (TPSA) is 75.6 Å². The molecule has 0 heterocycles. The second kappa shape index (κ2) is 4.83. The van der Waals surface area contributed by atoms with Gasteiger partial charge in [0.15, 0.2) is 0 Å². The molecule has 2 N–H and O–H groups in total. The lowest BCUT2D eigenvalue weighted by Gasteiger charge is -2.23. The molecule has 1 unspecified atom stereocenters. The number of carboxylic acid groups (broad SMARTS) is 1. The van der Waals surface area contributed by atoms with Crippen LogP contribution in [-0.2, 0) is 9.53 Å². The van der Waals surface area contributed by atoms with Crippen LogP contribution in [0.2, 0.25) is 0 Å². The number of rotatable bonds is 3. The summed E-state index contributed by atoms with van der Waals surface area (Å²) in [4.78, 5) is 21.6. The molecule has 0 aliphatic rings. The Bertz CT molecular complexity index is 219. The van der Waals surface area contributed by atoms with Crippen molar-refractivity contribution < 1.29 is 19.4 Å². The minimum absolute atomic E-state index is 0.163. The van der Waals surface area contributed by atoms with Gasteiger partial charge in [-0.15, -0.1) is 0 Å². The molecule has 0 radical (unpaired) electrons. The summed E-state index contributed by atoms with van der Waals surface area (Å²) in [6, 6.07) is -0.901. The third-order valence-corrected chi connectivity index (χ3v) is 1.59. The molecule has 14 heavy (non-hydrogen) atoms. The minimum atomic E-state index is -1.05. The number of hydrogen-bond donors (Lipinski definition) is 2. The van der Waals surface area contributed by atoms with Gasteiger partial charge in [0.2, 0.25) is 0 Å². The third-order valence-electron chi connectivity index (χ3n) is 1.59. The van der Waals surface area contributed by atoms with E-state index in [2.05, 4.69) is 10.1 Å². The zero-order chi connectivity index (χ0) is 11.4. The van der Waals surface area contributed by atoms with Crippen molar-refractivity contribution in [3.63, 3.8) is 0 Å². The van der Waals surface area contributed by atoms with Crippen molar-refractivity contribution in [2.75, 3.05) is 7.11 Å². The summed E-state index contributed by atoms with van der Waals surface area (Å²) in [7, 11) is 1.20. The first-order chi connectivity index (χ1) is 6.26. The van der Waals surface area contributed by atoms with E-state index >= 15 is 0 Å². The Morgan fingerprint density at radius 2 is 1.93 bits per heavy atom. The molecule has 0 spiro atoms. The second-order valence-electron chi connectivity index (χ2n) is 4.29. The number of carbonyl (C=O) groups excluding carboxylic acids is 1. The highest BCUT2D eigenvalue weighted by Gasteiger charge is 2.26. The van der Waals surface area contributed by atoms with E-state index in [4.69, 9.17) is 5.11 Å². The number of hydrogen-bond acceptors (Lipinski definition) is 3. The van der Waals surface area contributed by atoms with Crippen molar-refractivity contribution in [2.45, 2.75) is 33.2 Å². The van der Waals surface area contributed by atoms with Crippen molar-refractivity contribution in [1.82, 2.24) is 5.32 Å².